The maximum atomic E-state index is 12.2. The highest BCUT2D eigenvalue weighted by Gasteiger charge is 2.24. The molecule has 0 N–H and O–H groups in total. The van der Waals surface area contributed by atoms with Crippen LogP contribution in [0.1, 0.15) is 27.9 Å². The maximum absolute atomic E-state index is 12.2. The minimum absolute atomic E-state index is 0.137. The van der Waals surface area contributed by atoms with Crippen molar-refractivity contribution in [2.45, 2.75) is 19.4 Å². The van der Waals surface area contributed by atoms with Crippen LogP contribution in [0, 0.1) is 0 Å². The van der Waals surface area contributed by atoms with Crippen molar-refractivity contribution in [1.82, 2.24) is 14.8 Å². The third-order valence-corrected chi connectivity index (χ3v) is 3.67. The van der Waals surface area contributed by atoms with E-state index < -0.39 is 0 Å². The number of carbonyl (C=O) groups excluding carboxylic acids is 2. The number of amides is 1. The number of methoxy groups -OCH3 is 1. The van der Waals surface area contributed by atoms with E-state index >= 15 is 0 Å². The molecule has 114 valence electrons. The molecule has 1 amide bonds. The van der Waals surface area contributed by atoms with E-state index in [9.17, 15) is 9.59 Å². The topological polar surface area (TPSA) is 62.7 Å². The molecule has 2 rings (SSSR count). The highest BCUT2D eigenvalue weighted by Crippen LogP contribution is 2.22. The molecule has 6 heteroatoms. The van der Waals surface area contributed by atoms with E-state index in [4.69, 9.17) is 4.74 Å². The Morgan fingerprint density at radius 3 is 2.81 bits per heavy atom. The SMILES string of the molecule is COC(=O)c1cncc2c1CCN(C(=O)CCN(C)C)C2. The van der Waals surface area contributed by atoms with Crippen LogP contribution in [-0.2, 0) is 22.5 Å². The fraction of sp³-hybridized carbons (Fsp3) is 0.533. The summed E-state index contributed by atoms with van der Waals surface area (Å²) in [5, 5.41) is 0. The van der Waals surface area contributed by atoms with Gasteiger partial charge in [0.25, 0.3) is 0 Å². The average Bonchev–Trinajstić information content (AvgIpc) is 2.50. The monoisotopic (exact) mass is 291 g/mol. The second kappa shape index (κ2) is 6.67. The average molecular weight is 291 g/mol. The highest BCUT2D eigenvalue weighted by molar-refractivity contribution is 5.91. The summed E-state index contributed by atoms with van der Waals surface area (Å²) in [4.78, 5) is 31.8. The Hall–Kier alpha value is -1.95. The number of carbonyl (C=O) groups is 2. The van der Waals surface area contributed by atoms with Gasteiger partial charge in [-0.15, -0.1) is 0 Å². The van der Waals surface area contributed by atoms with Crippen molar-refractivity contribution < 1.29 is 14.3 Å². The molecule has 0 atom stereocenters. The molecule has 2 heterocycles. The van der Waals surface area contributed by atoms with Gasteiger partial charge in [-0.1, -0.05) is 0 Å². The van der Waals surface area contributed by atoms with Gasteiger partial charge in [0.15, 0.2) is 0 Å². The van der Waals surface area contributed by atoms with Gasteiger partial charge in [0, 0.05) is 38.4 Å². The Morgan fingerprint density at radius 2 is 2.14 bits per heavy atom. The molecule has 0 radical (unpaired) electrons. The lowest BCUT2D eigenvalue weighted by molar-refractivity contribution is -0.132. The van der Waals surface area contributed by atoms with Crippen LogP contribution in [0.4, 0.5) is 0 Å². The van der Waals surface area contributed by atoms with Crippen LogP contribution in [0.15, 0.2) is 12.4 Å². The molecule has 6 nitrogen and oxygen atoms in total. The first-order valence-electron chi connectivity index (χ1n) is 6.99. The smallest absolute Gasteiger partial charge is 0.339 e. The number of hydrogen-bond acceptors (Lipinski definition) is 5. The van der Waals surface area contributed by atoms with Gasteiger partial charge in [-0.3, -0.25) is 9.78 Å². The first kappa shape index (κ1) is 15.4. The normalized spacial score (nSPS) is 14.0. The summed E-state index contributed by atoms with van der Waals surface area (Å²) in [6.45, 7) is 1.88. The van der Waals surface area contributed by atoms with Gasteiger partial charge in [-0.25, -0.2) is 4.79 Å². The molecule has 1 aliphatic rings. The Bertz CT molecular complexity index is 543. The van der Waals surface area contributed by atoms with E-state index in [1.54, 1.807) is 6.20 Å². The van der Waals surface area contributed by atoms with Gasteiger partial charge in [0.05, 0.1) is 12.7 Å². The second-order valence-electron chi connectivity index (χ2n) is 5.43. The van der Waals surface area contributed by atoms with Crippen LogP contribution in [0.3, 0.4) is 0 Å². The van der Waals surface area contributed by atoms with Crippen molar-refractivity contribution in [3.63, 3.8) is 0 Å². The molecule has 0 saturated heterocycles. The van der Waals surface area contributed by atoms with Gasteiger partial charge < -0.3 is 14.5 Å². The standard InChI is InChI=1S/C15H21N3O3/c1-17(2)6-5-14(19)18-7-4-12-11(10-18)8-16-9-13(12)15(20)21-3/h8-9H,4-7,10H2,1-3H3. The van der Waals surface area contributed by atoms with Crippen LogP contribution in [0.25, 0.3) is 0 Å². The van der Waals surface area contributed by atoms with Crippen molar-refractivity contribution in [2.75, 3.05) is 34.3 Å². The van der Waals surface area contributed by atoms with Crippen LogP contribution in [0.5, 0.6) is 0 Å². The van der Waals surface area contributed by atoms with Gasteiger partial charge in [0.1, 0.15) is 0 Å². The molecule has 0 saturated carbocycles. The summed E-state index contributed by atoms with van der Waals surface area (Å²) in [5.74, 6) is -0.232. The van der Waals surface area contributed by atoms with Gasteiger partial charge in [-0.2, -0.15) is 0 Å². The molecule has 1 aromatic heterocycles. The number of esters is 1. The molecule has 1 aromatic rings. The van der Waals surface area contributed by atoms with Gasteiger partial charge >= 0.3 is 5.97 Å². The highest BCUT2D eigenvalue weighted by atomic mass is 16.5. The number of hydrogen-bond donors (Lipinski definition) is 0. The Morgan fingerprint density at radius 1 is 1.38 bits per heavy atom. The van der Waals surface area contributed by atoms with Gasteiger partial charge in [0.2, 0.25) is 5.91 Å². The fourth-order valence-electron chi connectivity index (χ4n) is 2.47. The third kappa shape index (κ3) is 3.58. The minimum atomic E-state index is -0.369. The Kier molecular flexibility index (Phi) is 4.90. The molecule has 0 spiro atoms. The zero-order valence-corrected chi connectivity index (χ0v) is 12.8. The van der Waals surface area contributed by atoms with Crippen LogP contribution in [-0.4, -0.2) is 61.0 Å². The summed E-state index contributed by atoms with van der Waals surface area (Å²) < 4.78 is 4.78. The largest absolute Gasteiger partial charge is 0.465 e. The number of ether oxygens (including phenoxy) is 1. The predicted octanol–water partition coefficient (Wildman–Crippen LogP) is 0.705. The van der Waals surface area contributed by atoms with Crippen molar-refractivity contribution in [1.29, 1.82) is 0 Å². The minimum Gasteiger partial charge on any atom is -0.465 e. The van der Waals surface area contributed by atoms with Crippen LogP contribution in [0.2, 0.25) is 0 Å². The fourth-order valence-corrected chi connectivity index (χ4v) is 2.47. The lowest BCUT2D eigenvalue weighted by Crippen LogP contribution is -2.38. The van der Waals surface area contributed by atoms with Gasteiger partial charge in [-0.05, 0) is 31.6 Å². The molecule has 0 aromatic carbocycles. The van der Waals surface area contributed by atoms with Crippen LogP contribution >= 0.6 is 0 Å². The first-order valence-corrected chi connectivity index (χ1v) is 6.99. The van der Waals surface area contributed by atoms with E-state index in [0.717, 1.165) is 17.7 Å². The summed E-state index contributed by atoms with van der Waals surface area (Å²) >= 11 is 0. The molecule has 1 aliphatic heterocycles. The number of rotatable bonds is 4. The van der Waals surface area contributed by atoms with E-state index in [0.29, 0.717) is 31.5 Å². The zero-order chi connectivity index (χ0) is 15.4. The zero-order valence-electron chi connectivity index (χ0n) is 12.8. The molecular formula is C15H21N3O3. The number of aromatic nitrogens is 1. The Labute approximate surface area is 124 Å². The first-order chi connectivity index (χ1) is 10.0. The lowest BCUT2D eigenvalue weighted by atomic mass is 9.97. The molecule has 0 aliphatic carbocycles. The van der Waals surface area contributed by atoms with Crippen LogP contribution < -0.4 is 0 Å². The van der Waals surface area contributed by atoms with Crippen molar-refractivity contribution in [3.05, 3.63) is 29.1 Å². The van der Waals surface area contributed by atoms with E-state index in [1.807, 2.05) is 23.9 Å². The molecular weight excluding hydrogens is 270 g/mol. The molecule has 0 fully saturated rings. The predicted molar refractivity (Wildman–Crippen MR) is 77.9 cm³/mol. The van der Waals surface area contributed by atoms with Crippen molar-refractivity contribution in [2.24, 2.45) is 0 Å². The summed E-state index contributed by atoms with van der Waals surface area (Å²) in [6.07, 6.45) is 4.43. The number of nitrogens with zero attached hydrogens (tertiary/aromatic N) is 3. The maximum Gasteiger partial charge on any atom is 0.339 e. The third-order valence-electron chi connectivity index (χ3n) is 3.67. The second-order valence-corrected chi connectivity index (χ2v) is 5.43. The van der Waals surface area contributed by atoms with E-state index in [2.05, 4.69) is 4.98 Å². The van der Waals surface area contributed by atoms with Crippen molar-refractivity contribution >= 4 is 11.9 Å². The number of fused-ring (bicyclic) bond motifs is 1. The molecule has 21 heavy (non-hydrogen) atoms. The lowest BCUT2D eigenvalue weighted by Gasteiger charge is -2.29. The molecule has 0 unspecified atom stereocenters. The van der Waals surface area contributed by atoms with E-state index in [1.165, 1.54) is 13.3 Å². The Balaban J connectivity index is 2.11. The number of pyridine rings is 1. The van der Waals surface area contributed by atoms with E-state index in [-0.39, 0.29) is 11.9 Å². The quantitative estimate of drug-likeness (QED) is 0.764. The summed E-state index contributed by atoms with van der Waals surface area (Å²) in [7, 11) is 5.26. The summed E-state index contributed by atoms with van der Waals surface area (Å²) in [5.41, 5.74) is 2.39. The summed E-state index contributed by atoms with van der Waals surface area (Å²) in [6, 6.07) is 0. The molecule has 0 bridgehead atoms. The van der Waals surface area contributed by atoms with Crippen molar-refractivity contribution in [3.8, 4) is 0 Å².